The first-order valence-corrected chi connectivity index (χ1v) is 6.39. The van der Waals surface area contributed by atoms with Gasteiger partial charge in [0.1, 0.15) is 6.61 Å². The average Bonchev–Trinajstić information content (AvgIpc) is 2.44. The molecule has 1 aromatic rings. The fourth-order valence-electron chi connectivity index (χ4n) is 2.74. The molecule has 0 fully saturated rings. The van der Waals surface area contributed by atoms with E-state index in [4.69, 9.17) is 4.74 Å². The van der Waals surface area contributed by atoms with Gasteiger partial charge in [-0.15, -0.1) is 0 Å². The van der Waals surface area contributed by atoms with Gasteiger partial charge in [-0.1, -0.05) is 31.2 Å². The van der Waals surface area contributed by atoms with Gasteiger partial charge < -0.3 is 4.74 Å². The first-order chi connectivity index (χ1) is 9.15. The molecule has 2 aliphatic rings. The number of carbonyl (C=O) groups is 2. The number of carbonyl (C=O) groups excluding carboxylic acids is 2. The number of benzene rings is 1. The molecule has 1 aliphatic carbocycles. The number of rotatable bonds is 1. The number of ketones is 2. The Hall–Kier alpha value is -2.16. The second kappa shape index (κ2) is 4.19. The van der Waals surface area contributed by atoms with E-state index >= 15 is 0 Å². The summed E-state index contributed by atoms with van der Waals surface area (Å²) < 4.78 is 5.59. The zero-order chi connectivity index (χ0) is 13.6. The molecule has 0 bridgehead atoms. The fraction of sp³-hybridized carbons (Fsp3) is 0.250. The summed E-state index contributed by atoms with van der Waals surface area (Å²) in [6.45, 7) is 4.04. The van der Waals surface area contributed by atoms with E-state index in [1.54, 1.807) is 24.3 Å². The van der Waals surface area contributed by atoms with Gasteiger partial charge in [-0.05, 0) is 12.5 Å². The van der Waals surface area contributed by atoms with Gasteiger partial charge in [-0.25, -0.2) is 0 Å². The number of Topliss-reactive ketones (excluding diaryl/α,β-unsaturated/α-hetero) is 2. The van der Waals surface area contributed by atoms with E-state index in [0.29, 0.717) is 22.3 Å². The average molecular weight is 254 g/mol. The third-order valence-electron chi connectivity index (χ3n) is 3.72. The smallest absolute Gasteiger partial charge is 0.194 e. The van der Waals surface area contributed by atoms with Crippen molar-refractivity contribution in [2.75, 3.05) is 6.61 Å². The molecular weight excluding hydrogens is 240 g/mol. The molecule has 0 amide bonds. The van der Waals surface area contributed by atoms with Crippen LogP contribution in [0, 0.1) is 0 Å². The highest BCUT2D eigenvalue weighted by molar-refractivity contribution is 6.28. The first-order valence-electron chi connectivity index (χ1n) is 6.39. The minimum atomic E-state index is -0.0836. The lowest BCUT2D eigenvalue weighted by atomic mass is 9.80. The number of hydrogen-bond acceptors (Lipinski definition) is 3. The SMILES string of the molecule is CCC1=C(C)C2=C(CO1)C(=O)c1ccccc1C2=O. The van der Waals surface area contributed by atoms with Gasteiger partial charge >= 0.3 is 0 Å². The van der Waals surface area contributed by atoms with Gasteiger partial charge in [0, 0.05) is 28.7 Å². The van der Waals surface area contributed by atoms with Crippen LogP contribution in [0.5, 0.6) is 0 Å². The van der Waals surface area contributed by atoms with Crippen molar-refractivity contribution in [2.45, 2.75) is 20.3 Å². The third kappa shape index (κ3) is 1.58. The molecule has 3 rings (SSSR count). The van der Waals surface area contributed by atoms with E-state index < -0.39 is 0 Å². The summed E-state index contributed by atoms with van der Waals surface area (Å²) in [5.74, 6) is 0.663. The molecule has 0 radical (unpaired) electrons. The summed E-state index contributed by atoms with van der Waals surface area (Å²) >= 11 is 0. The van der Waals surface area contributed by atoms with E-state index in [2.05, 4.69) is 0 Å². The Kier molecular flexibility index (Phi) is 2.63. The van der Waals surface area contributed by atoms with Crippen LogP contribution >= 0.6 is 0 Å². The van der Waals surface area contributed by atoms with Crippen molar-refractivity contribution in [3.63, 3.8) is 0 Å². The van der Waals surface area contributed by atoms with Crippen molar-refractivity contribution in [3.05, 3.63) is 57.9 Å². The van der Waals surface area contributed by atoms with Gasteiger partial charge in [0.2, 0.25) is 0 Å². The number of hydrogen-bond donors (Lipinski definition) is 0. The fourth-order valence-corrected chi connectivity index (χ4v) is 2.74. The van der Waals surface area contributed by atoms with Crippen molar-refractivity contribution >= 4 is 11.6 Å². The van der Waals surface area contributed by atoms with Gasteiger partial charge in [-0.2, -0.15) is 0 Å². The molecule has 0 atom stereocenters. The van der Waals surface area contributed by atoms with Crippen LogP contribution in [0.1, 0.15) is 41.0 Å². The molecule has 0 aromatic heterocycles. The molecule has 0 unspecified atom stereocenters. The molecule has 1 aromatic carbocycles. The Morgan fingerprint density at radius 2 is 1.74 bits per heavy atom. The second-order valence-electron chi connectivity index (χ2n) is 4.75. The maximum Gasteiger partial charge on any atom is 0.194 e. The van der Waals surface area contributed by atoms with Crippen LogP contribution in [-0.4, -0.2) is 18.2 Å². The first kappa shape index (κ1) is 11.9. The van der Waals surface area contributed by atoms with Gasteiger partial charge in [0.15, 0.2) is 11.6 Å². The maximum atomic E-state index is 12.6. The van der Waals surface area contributed by atoms with Crippen molar-refractivity contribution in [1.82, 2.24) is 0 Å². The van der Waals surface area contributed by atoms with Crippen LogP contribution < -0.4 is 0 Å². The van der Waals surface area contributed by atoms with Crippen LogP contribution in [0.2, 0.25) is 0 Å². The van der Waals surface area contributed by atoms with Crippen molar-refractivity contribution < 1.29 is 14.3 Å². The van der Waals surface area contributed by atoms with E-state index in [-0.39, 0.29) is 18.2 Å². The molecule has 0 N–H and O–H groups in total. The van der Waals surface area contributed by atoms with E-state index in [1.165, 1.54) is 0 Å². The molecule has 1 aliphatic heterocycles. The number of fused-ring (bicyclic) bond motifs is 1. The lowest BCUT2D eigenvalue weighted by Gasteiger charge is -2.27. The van der Waals surface area contributed by atoms with Crippen LogP contribution in [0.4, 0.5) is 0 Å². The predicted molar refractivity (Wildman–Crippen MR) is 71.1 cm³/mol. The summed E-state index contributed by atoms with van der Waals surface area (Å²) in [7, 11) is 0. The van der Waals surface area contributed by atoms with Crippen LogP contribution in [0.15, 0.2) is 46.7 Å². The molecule has 96 valence electrons. The Bertz CT molecular complexity index is 662. The quantitative estimate of drug-likeness (QED) is 0.773. The molecule has 0 saturated heterocycles. The molecule has 3 heteroatoms. The lowest BCUT2D eigenvalue weighted by molar-refractivity contribution is 0.0947. The van der Waals surface area contributed by atoms with Crippen molar-refractivity contribution in [2.24, 2.45) is 0 Å². The van der Waals surface area contributed by atoms with E-state index in [1.807, 2.05) is 13.8 Å². The topological polar surface area (TPSA) is 43.4 Å². The Morgan fingerprint density at radius 1 is 1.11 bits per heavy atom. The zero-order valence-corrected chi connectivity index (χ0v) is 10.9. The highest BCUT2D eigenvalue weighted by Crippen LogP contribution is 2.35. The highest BCUT2D eigenvalue weighted by Gasteiger charge is 2.35. The van der Waals surface area contributed by atoms with Gasteiger partial charge in [-0.3, -0.25) is 9.59 Å². The summed E-state index contributed by atoms with van der Waals surface area (Å²) in [4.78, 5) is 25.0. The molecular formula is C16H14O3. The standard InChI is InChI=1S/C16H14O3/c1-3-13-9(2)14-12(8-19-13)15(17)10-6-4-5-7-11(10)16(14)18/h4-7H,3,8H2,1-2H3. The summed E-state index contributed by atoms with van der Waals surface area (Å²) in [5.41, 5.74) is 2.84. The summed E-state index contributed by atoms with van der Waals surface area (Å²) in [6, 6.07) is 6.98. The number of allylic oxidation sites excluding steroid dienone is 3. The van der Waals surface area contributed by atoms with Crippen LogP contribution in [0.3, 0.4) is 0 Å². The Balaban J connectivity index is 2.24. The minimum Gasteiger partial charge on any atom is -0.493 e. The molecule has 0 saturated carbocycles. The third-order valence-corrected chi connectivity index (χ3v) is 3.72. The normalized spacial score (nSPS) is 18.2. The second-order valence-corrected chi connectivity index (χ2v) is 4.75. The molecule has 1 heterocycles. The molecule has 3 nitrogen and oxygen atoms in total. The number of ether oxygens (including phenoxy) is 1. The highest BCUT2D eigenvalue weighted by atomic mass is 16.5. The van der Waals surface area contributed by atoms with Crippen LogP contribution in [0.25, 0.3) is 0 Å². The van der Waals surface area contributed by atoms with E-state index in [9.17, 15) is 9.59 Å². The lowest BCUT2D eigenvalue weighted by Crippen LogP contribution is -2.28. The zero-order valence-electron chi connectivity index (χ0n) is 10.9. The summed E-state index contributed by atoms with van der Waals surface area (Å²) in [5, 5.41) is 0. The van der Waals surface area contributed by atoms with Crippen molar-refractivity contribution in [1.29, 1.82) is 0 Å². The molecule has 19 heavy (non-hydrogen) atoms. The minimum absolute atomic E-state index is 0.0584. The van der Waals surface area contributed by atoms with E-state index in [0.717, 1.165) is 17.8 Å². The van der Waals surface area contributed by atoms with Gasteiger partial charge in [0.25, 0.3) is 0 Å². The Morgan fingerprint density at radius 3 is 2.37 bits per heavy atom. The molecule has 0 spiro atoms. The summed E-state index contributed by atoms with van der Waals surface area (Å²) in [6.07, 6.45) is 0.728. The Labute approximate surface area is 111 Å². The van der Waals surface area contributed by atoms with Crippen LogP contribution in [-0.2, 0) is 4.74 Å². The van der Waals surface area contributed by atoms with Crippen molar-refractivity contribution in [3.8, 4) is 0 Å². The maximum absolute atomic E-state index is 12.6. The van der Waals surface area contributed by atoms with Gasteiger partial charge in [0.05, 0.1) is 5.76 Å². The monoisotopic (exact) mass is 254 g/mol. The predicted octanol–water partition coefficient (Wildman–Crippen LogP) is 3.08. The largest absolute Gasteiger partial charge is 0.493 e.